The third-order valence-electron chi connectivity index (χ3n) is 4.06. The molecule has 3 rings (SSSR count). The molecular formula is C18H21ClN2. The maximum atomic E-state index is 6.55. The number of benzene rings is 2. The van der Waals surface area contributed by atoms with E-state index in [2.05, 4.69) is 66.5 Å². The Labute approximate surface area is 131 Å². The fourth-order valence-electron chi connectivity index (χ4n) is 3.06. The number of halogens is 1. The summed E-state index contributed by atoms with van der Waals surface area (Å²) in [5.74, 6) is 0. The smallest absolute Gasteiger partial charge is 0.0646 e. The Morgan fingerprint density at radius 3 is 2.76 bits per heavy atom. The zero-order valence-electron chi connectivity index (χ0n) is 12.6. The highest BCUT2D eigenvalue weighted by molar-refractivity contribution is 6.33. The number of fused-ring (bicyclic) bond motifs is 1. The summed E-state index contributed by atoms with van der Waals surface area (Å²) in [4.78, 5) is 2.36. The lowest BCUT2D eigenvalue weighted by Gasteiger charge is -2.26. The standard InChI is InChI=1S/C18H21ClN2/c1-3-20-12-14-8-9-18(16(19)11-14)21-13(2)10-15-6-4-5-7-17(15)21/h4-9,11,13,20H,3,10,12H2,1-2H3. The maximum Gasteiger partial charge on any atom is 0.0646 e. The van der Waals surface area contributed by atoms with Crippen molar-refractivity contribution in [2.24, 2.45) is 0 Å². The summed E-state index contributed by atoms with van der Waals surface area (Å²) in [6.45, 7) is 6.19. The van der Waals surface area contributed by atoms with Crippen molar-refractivity contribution >= 4 is 23.0 Å². The van der Waals surface area contributed by atoms with Crippen molar-refractivity contribution in [2.75, 3.05) is 11.4 Å². The molecule has 0 aliphatic carbocycles. The second kappa shape index (κ2) is 6.08. The fourth-order valence-corrected chi connectivity index (χ4v) is 3.35. The molecule has 0 aromatic heterocycles. The molecule has 0 saturated carbocycles. The largest absolute Gasteiger partial charge is 0.337 e. The van der Waals surface area contributed by atoms with Gasteiger partial charge in [0.15, 0.2) is 0 Å². The Kier molecular flexibility index (Phi) is 4.18. The van der Waals surface area contributed by atoms with Crippen molar-refractivity contribution in [3.05, 3.63) is 58.6 Å². The molecule has 0 bridgehead atoms. The number of nitrogens with one attached hydrogen (secondary N) is 1. The van der Waals surface area contributed by atoms with Crippen molar-refractivity contribution in [1.29, 1.82) is 0 Å². The van der Waals surface area contributed by atoms with E-state index < -0.39 is 0 Å². The topological polar surface area (TPSA) is 15.3 Å². The summed E-state index contributed by atoms with van der Waals surface area (Å²) in [5, 5.41) is 4.16. The first kappa shape index (κ1) is 14.4. The van der Waals surface area contributed by atoms with E-state index in [9.17, 15) is 0 Å². The van der Waals surface area contributed by atoms with E-state index in [-0.39, 0.29) is 0 Å². The molecular weight excluding hydrogens is 280 g/mol. The van der Waals surface area contributed by atoms with Crippen LogP contribution < -0.4 is 10.2 Å². The Morgan fingerprint density at radius 2 is 2.00 bits per heavy atom. The summed E-state index contributed by atoms with van der Waals surface area (Å²) >= 11 is 6.55. The van der Waals surface area contributed by atoms with E-state index >= 15 is 0 Å². The molecule has 3 heteroatoms. The van der Waals surface area contributed by atoms with Gasteiger partial charge in [0.1, 0.15) is 0 Å². The zero-order valence-corrected chi connectivity index (χ0v) is 13.3. The number of para-hydroxylation sites is 1. The average Bonchev–Trinajstić information content (AvgIpc) is 2.81. The Bertz CT molecular complexity index is 639. The van der Waals surface area contributed by atoms with Crippen LogP contribution in [-0.2, 0) is 13.0 Å². The van der Waals surface area contributed by atoms with Gasteiger partial charge in [0, 0.05) is 18.3 Å². The first-order chi connectivity index (χ1) is 10.2. The highest BCUT2D eigenvalue weighted by Gasteiger charge is 2.27. The molecule has 21 heavy (non-hydrogen) atoms. The Morgan fingerprint density at radius 1 is 1.19 bits per heavy atom. The van der Waals surface area contributed by atoms with E-state index in [0.29, 0.717) is 6.04 Å². The third-order valence-corrected chi connectivity index (χ3v) is 4.36. The molecule has 0 amide bonds. The van der Waals surface area contributed by atoms with Gasteiger partial charge in [-0.05, 0) is 49.2 Å². The predicted octanol–water partition coefficient (Wildman–Crippen LogP) is 4.53. The van der Waals surface area contributed by atoms with Crippen LogP contribution in [0.5, 0.6) is 0 Å². The lowest BCUT2D eigenvalue weighted by atomic mass is 10.1. The van der Waals surface area contributed by atoms with Crippen molar-refractivity contribution in [3.8, 4) is 0 Å². The van der Waals surface area contributed by atoms with Crippen LogP contribution in [0.3, 0.4) is 0 Å². The first-order valence-corrected chi connectivity index (χ1v) is 7.94. The summed E-state index contributed by atoms with van der Waals surface area (Å²) in [7, 11) is 0. The van der Waals surface area contributed by atoms with E-state index in [1.807, 2.05) is 0 Å². The zero-order chi connectivity index (χ0) is 14.8. The first-order valence-electron chi connectivity index (χ1n) is 7.57. The van der Waals surface area contributed by atoms with Gasteiger partial charge in [-0.15, -0.1) is 0 Å². The van der Waals surface area contributed by atoms with Crippen LogP contribution in [0.1, 0.15) is 25.0 Å². The summed E-state index contributed by atoms with van der Waals surface area (Å²) in [6, 6.07) is 15.4. The SMILES string of the molecule is CCNCc1ccc(N2c3ccccc3CC2C)c(Cl)c1. The maximum absolute atomic E-state index is 6.55. The van der Waals surface area contributed by atoms with Crippen LogP contribution in [0.2, 0.25) is 5.02 Å². The molecule has 1 atom stereocenters. The molecule has 110 valence electrons. The monoisotopic (exact) mass is 300 g/mol. The Hall–Kier alpha value is -1.51. The molecule has 1 aliphatic heterocycles. The summed E-state index contributed by atoms with van der Waals surface area (Å²) in [5.41, 5.74) is 5.02. The predicted molar refractivity (Wildman–Crippen MR) is 90.6 cm³/mol. The molecule has 0 spiro atoms. The summed E-state index contributed by atoms with van der Waals surface area (Å²) < 4.78 is 0. The number of nitrogens with zero attached hydrogens (tertiary/aromatic N) is 1. The van der Waals surface area contributed by atoms with Crippen LogP contribution in [0.4, 0.5) is 11.4 Å². The van der Waals surface area contributed by atoms with Crippen molar-refractivity contribution in [3.63, 3.8) is 0 Å². The van der Waals surface area contributed by atoms with Crippen LogP contribution in [0, 0.1) is 0 Å². The second-order valence-corrected chi connectivity index (χ2v) is 6.03. The number of rotatable bonds is 4. The second-order valence-electron chi connectivity index (χ2n) is 5.62. The minimum atomic E-state index is 0.444. The summed E-state index contributed by atoms with van der Waals surface area (Å²) in [6.07, 6.45) is 1.08. The average molecular weight is 301 g/mol. The normalized spacial score (nSPS) is 17.1. The molecule has 1 heterocycles. The van der Waals surface area contributed by atoms with Gasteiger partial charge in [0.05, 0.1) is 10.7 Å². The number of hydrogen-bond donors (Lipinski definition) is 1. The van der Waals surface area contributed by atoms with E-state index in [4.69, 9.17) is 11.6 Å². The third kappa shape index (κ3) is 2.78. The highest BCUT2D eigenvalue weighted by atomic mass is 35.5. The molecule has 1 N–H and O–H groups in total. The molecule has 0 saturated heterocycles. The van der Waals surface area contributed by atoms with Gasteiger partial charge in [-0.3, -0.25) is 0 Å². The Balaban J connectivity index is 1.94. The van der Waals surface area contributed by atoms with Crippen LogP contribution in [0.25, 0.3) is 0 Å². The van der Waals surface area contributed by atoms with Gasteiger partial charge in [-0.1, -0.05) is 42.8 Å². The van der Waals surface area contributed by atoms with Gasteiger partial charge >= 0.3 is 0 Å². The van der Waals surface area contributed by atoms with Crippen molar-refractivity contribution in [1.82, 2.24) is 5.32 Å². The van der Waals surface area contributed by atoms with Crippen LogP contribution in [-0.4, -0.2) is 12.6 Å². The van der Waals surface area contributed by atoms with Crippen LogP contribution in [0.15, 0.2) is 42.5 Å². The molecule has 1 unspecified atom stereocenters. The highest BCUT2D eigenvalue weighted by Crippen LogP contribution is 2.41. The van der Waals surface area contributed by atoms with Gasteiger partial charge in [-0.25, -0.2) is 0 Å². The molecule has 0 radical (unpaired) electrons. The quantitative estimate of drug-likeness (QED) is 0.892. The lowest BCUT2D eigenvalue weighted by Crippen LogP contribution is -2.24. The van der Waals surface area contributed by atoms with Gasteiger partial charge < -0.3 is 10.2 Å². The van der Waals surface area contributed by atoms with E-state index in [1.54, 1.807) is 0 Å². The van der Waals surface area contributed by atoms with Crippen molar-refractivity contribution in [2.45, 2.75) is 32.9 Å². The number of hydrogen-bond acceptors (Lipinski definition) is 2. The van der Waals surface area contributed by atoms with Crippen molar-refractivity contribution < 1.29 is 0 Å². The number of anilines is 2. The lowest BCUT2D eigenvalue weighted by molar-refractivity contribution is 0.726. The van der Waals surface area contributed by atoms with E-state index in [0.717, 1.165) is 30.2 Å². The molecule has 2 aromatic carbocycles. The van der Waals surface area contributed by atoms with Gasteiger partial charge in [0.2, 0.25) is 0 Å². The molecule has 2 nitrogen and oxygen atoms in total. The minimum Gasteiger partial charge on any atom is -0.337 e. The fraction of sp³-hybridized carbons (Fsp3) is 0.333. The molecule has 2 aromatic rings. The van der Waals surface area contributed by atoms with E-state index in [1.165, 1.54) is 16.8 Å². The molecule has 0 fully saturated rings. The van der Waals surface area contributed by atoms with Gasteiger partial charge in [-0.2, -0.15) is 0 Å². The van der Waals surface area contributed by atoms with Gasteiger partial charge in [0.25, 0.3) is 0 Å². The minimum absolute atomic E-state index is 0.444. The molecule has 1 aliphatic rings. The van der Waals surface area contributed by atoms with Crippen LogP contribution >= 0.6 is 11.6 Å².